The van der Waals surface area contributed by atoms with Gasteiger partial charge in [-0.25, -0.2) is 8.42 Å². The summed E-state index contributed by atoms with van der Waals surface area (Å²) in [6.45, 7) is 4.14. The summed E-state index contributed by atoms with van der Waals surface area (Å²) in [6.07, 6.45) is 3.47. The van der Waals surface area contributed by atoms with Crippen molar-refractivity contribution in [2.75, 3.05) is 11.0 Å². The number of ketones is 1. The average molecular weight is 370 g/mol. The molecule has 0 aliphatic carbocycles. The number of hydrogen-bond donors (Lipinski definition) is 2. The largest absolute Gasteiger partial charge is 0.379 e. The quantitative estimate of drug-likeness (QED) is 0.640. The highest BCUT2D eigenvalue weighted by atomic mass is 32.2. The lowest BCUT2D eigenvalue weighted by Gasteiger charge is -2.36. The van der Waals surface area contributed by atoms with Crippen LogP contribution in [0.4, 0.5) is 5.69 Å². The third-order valence-corrected chi connectivity index (χ3v) is 4.75. The molecule has 1 aliphatic heterocycles. The van der Waals surface area contributed by atoms with Gasteiger partial charge in [-0.05, 0) is 38.0 Å². The number of anilines is 1. The third-order valence-electron chi connectivity index (χ3n) is 4.14. The van der Waals surface area contributed by atoms with E-state index in [-0.39, 0.29) is 11.3 Å². The van der Waals surface area contributed by atoms with Gasteiger partial charge in [0.25, 0.3) is 0 Å². The van der Waals surface area contributed by atoms with Crippen molar-refractivity contribution >= 4 is 27.2 Å². The predicted molar refractivity (Wildman–Crippen MR) is 105 cm³/mol. The van der Waals surface area contributed by atoms with Crippen LogP contribution in [0, 0.1) is 0 Å². The molecule has 26 heavy (non-hydrogen) atoms. The number of nitrogens with one attached hydrogen (secondary N) is 2. The number of rotatable bonds is 4. The fourth-order valence-corrected chi connectivity index (χ4v) is 3.70. The fraction of sp³-hybridized carbons (Fsp3) is 0.250. The highest BCUT2D eigenvalue weighted by Gasteiger charge is 2.28. The monoisotopic (exact) mass is 370 g/mol. The molecule has 0 saturated carbocycles. The molecule has 0 saturated heterocycles. The molecule has 2 N–H and O–H groups in total. The van der Waals surface area contributed by atoms with Crippen LogP contribution in [0.15, 0.2) is 54.6 Å². The molecule has 0 aromatic heterocycles. The second-order valence-electron chi connectivity index (χ2n) is 7.22. The number of sulfonamides is 1. The van der Waals surface area contributed by atoms with Crippen molar-refractivity contribution in [1.82, 2.24) is 5.32 Å². The Morgan fingerprint density at radius 3 is 2.50 bits per heavy atom. The molecule has 0 unspecified atom stereocenters. The van der Waals surface area contributed by atoms with E-state index < -0.39 is 10.0 Å². The van der Waals surface area contributed by atoms with Gasteiger partial charge >= 0.3 is 0 Å². The van der Waals surface area contributed by atoms with Crippen molar-refractivity contribution in [1.29, 1.82) is 0 Å². The first-order valence-electron chi connectivity index (χ1n) is 8.33. The molecule has 2 aromatic carbocycles. The Morgan fingerprint density at radius 1 is 1.15 bits per heavy atom. The first kappa shape index (κ1) is 18.2. The van der Waals surface area contributed by atoms with Gasteiger partial charge in [0.1, 0.15) is 0 Å². The fourth-order valence-electron chi connectivity index (χ4n) is 3.14. The zero-order valence-electron chi connectivity index (χ0n) is 15.0. The molecule has 6 heteroatoms. The van der Waals surface area contributed by atoms with Crippen molar-refractivity contribution in [3.63, 3.8) is 0 Å². The van der Waals surface area contributed by atoms with E-state index in [0.29, 0.717) is 16.9 Å². The molecule has 1 aliphatic rings. The standard InChI is InChI=1S/C20H22N2O3S/c1-20(2)13-15-9-10-16(22-26(3,24)25)11-17(15)18(21-20)12-19(23)14-7-5-4-6-8-14/h4-12,21-22H,13H2,1-3H3. The van der Waals surface area contributed by atoms with Gasteiger partial charge in [-0.2, -0.15) is 0 Å². The van der Waals surface area contributed by atoms with E-state index in [0.717, 1.165) is 23.8 Å². The van der Waals surface area contributed by atoms with Crippen LogP contribution >= 0.6 is 0 Å². The second kappa shape index (κ2) is 6.61. The van der Waals surface area contributed by atoms with E-state index in [4.69, 9.17) is 0 Å². The minimum atomic E-state index is -3.37. The Balaban J connectivity index is 2.04. The number of fused-ring (bicyclic) bond motifs is 1. The molecule has 0 amide bonds. The number of allylic oxidation sites excluding steroid dienone is 1. The normalized spacial score (nSPS) is 17.3. The highest BCUT2D eigenvalue weighted by Crippen LogP contribution is 2.32. The van der Waals surface area contributed by atoms with Crippen molar-refractivity contribution in [3.05, 3.63) is 71.3 Å². The molecule has 5 nitrogen and oxygen atoms in total. The maximum Gasteiger partial charge on any atom is 0.229 e. The molecule has 2 aromatic rings. The van der Waals surface area contributed by atoms with Crippen LogP contribution in [0.3, 0.4) is 0 Å². The van der Waals surface area contributed by atoms with Gasteiger partial charge in [0.05, 0.1) is 6.26 Å². The number of carbonyl (C=O) groups excluding carboxylic acids is 1. The number of hydrogen-bond acceptors (Lipinski definition) is 4. The minimum absolute atomic E-state index is 0.0989. The lowest BCUT2D eigenvalue weighted by molar-refractivity contribution is 0.104. The van der Waals surface area contributed by atoms with Crippen molar-refractivity contribution < 1.29 is 13.2 Å². The predicted octanol–water partition coefficient (Wildman–Crippen LogP) is 3.21. The smallest absolute Gasteiger partial charge is 0.229 e. The molecule has 0 spiro atoms. The van der Waals surface area contributed by atoms with Crippen molar-refractivity contribution in [2.45, 2.75) is 25.8 Å². The average Bonchev–Trinajstić information content (AvgIpc) is 2.54. The third kappa shape index (κ3) is 4.32. The Hall–Kier alpha value is -2.60. The molecule has 0 atom stereocenters. The SMILES string of the molecule is CC1(C)Cc2ccc(NS(C)(=O)=O)cc2C(=CC(=O)c2ccccc2)N1. The molecular formula is C20H22N2O3S. The van der Waals surface area contributed by atoms with E-state index in [1.807, 2.05) is 24.3 Å². The summed E-state index contributed by atoms with van der Waals surface area (Å²) in [7, 11) is -3.37. The summed E-state index contributed by atoms with van der Waals surface area (Å²) in [5, 5.41) is 3.40. The zero-order chi connectivity index (χ0) is 18.9. The van der Waals surface area contributed by atoms with Crippen LogP contribution in [0.5, 0.6) is 0 Å². The summed E-state index contributed by atoms with van der Waals surface area (Å²) >= 11 is 0. The van der Waals surface area contributed by atoms with E-state index in [1.54, 1.807) is 30.3 Å². The first-order valence-corrected chi connectivity index (χ1v) is 10.2. The summed E-state index contributed by atoms with van der Waals surface area (Å²) in [4.78, 5) is 12.6. The van der Waals surface area contributed by atoms with Gasteiger partial charge in [-0.15, -0.1) is 0 Å². The van der Waals surface area contributed by atoms with Gasteiger partial charge in [0.15, 0.2) is 5.78 Å². The number of carbonyl (C=O) groups is 1. The van der Waals surface area contributed by atoms with Gasteiger partial charge < -0.3 is 5.32 Å². The maximum absolute atomic E-state index is 12.6. The first-order chi connectivity index (χ1) is 12.1. The van der Waals surface area contributed by atoms with Crippen LogP contribution in [-0.2, 0) is 16.4 Å². The summed E-state index contributed by atoms with van der Waals surface area (Å²) in [5.74, 6) is -0.0989. The molecule has 0 fully saturated rings. The molecule has 1 heterocycles. The molecule has 0 bridgehead atoms. The highest BCUT2D eigenvalue weighted by molar-refractivity contribution is 7.92. The molecule has 136 valence electrons. The van der Waals surface area contributed by atoms with E-state index >= 15 is 0 Å². The van der Waals surface area contributed by atoms with Crippen LogP contribution in [0.1, 0.15) is 35.3 Å². The summed E-state index contributed by atoms with van der Waals surface area (Å²) < 4.78 is 25.5. The topological polar surface area (TPSA) is 75.3 Å². The van der Waals surface area contributed by atoms with Crippen LogP contribution in [0.25, 0.3) is 5.70 Å². The van der Waals surface area contributed by atoms with Gasteiger partial charge in [0.2, 0.25) is 10.0 Å². The lowest BCUT2D eigenvalue weighted by atomic mass is 9.85. The second-order valence-corrected chi connectivity index (χ2v) is 8.97. The Morgan fingerprint density at radius 2 is 1.85 bits per heavy atom. The molecule has 3 rings (SSSR count). The summed E-state index contributed by atoms with van der Waals surface area (Å²) in [6, 6.07) is 14.5. The maximum atomic E-state index is 12.6. The van der Waals surface area contributed by atoms with Crippen LogP contribution < -0.4 is 10.0 Å². The number of benzene rings is 2. The van der Waals surface area contributed by atoms with E-state index in [2.05, 4.69) is 23.9 Å². The lowest BCUT2D eigenvalue weighted by Crippen LogP contribution is -2.43. The van der Waals surface area contributed by atoms with Crippen molar-refractivity contribution in [3.8, 4) is 0 Å². The van der Waals surface area contributed by atoms with E-state index in [9.17, 15) is 13.2 Å². The Labute approximate surface area is 154 Å². The Bertz CT molecular complexity index is 977. The molecule has 0 radical (unpaired) electrons. The Kier molecular flexibility index (Phi) is 4.63. The van der Waals surface area contributed by atoms with Crippen LogP contribution in [0.2, 0.25) is 0 Å². The minimum Gasteiger partial charge on any atom is -0.379 e. The van der Waals surface area contributed by atoms with E-state index in [1.165, 1.54) is 0 Å². The summed E-state index contributed by atoms with van der Waals surface area (Å²) in [5.41, 5.74) is 3.48. The van der Waals surface area contributed by atoms with Crippen molar-refractivity contribution in [2.24, 2.45) is 0 Å². The van der Waals surface area contributed by atoms with Gasteiger partial charge in [-0.3, -0.25) is 9.52 Å². The molecular weight excluding hydrogens is 348 g/mol. The van der Waals surface area contributed by atoms with Gasteiger partial charge in [0, 0.05) is 34.1 Å². The zero-order valence-corrected chi connectivity index (χ0v) is 15.9. The van der Waals surface area contributed by atoms with Crippen LogP contribution in [-0.4, -0.2) is 26.0 Å². The van der Waals surface area contributed by atoms with Gasteiger partial charge in [-0.1, -0.05) is 36.4 Å².